The molecule has 25 heavy (non-hydrogen) atoms. The van der Waals surface area contributed by atoms with Gasteiger partial charge in [-0.05, 0) is 60.2 Å². The maximum Gasteiger partial charge on any atom is 0.122 e. The van der Waals surface area contributed by atoms with Crippen molar-refractivity contribution < 1.29 is 4.74 Å². The van der Waals surface area contributed by atoms with Crippen molar-refractivity contribution in [2.75, 3.05) is 33.3 Å². The summed E-state index contributed by atoms with van der Waals surface area (Å²) in [4.78, 5) is 2.56. The Kier molecular flexibility index (Phi) is 6.51. The van der Waals surface area contributed by atoms with Gasteiger partial charge in [0.25, 0.3) is 0 Å². The van der Waals surface area contributed by atoms with Crippen LogP contribution >= 0.6 is 15.9 Å². The van der Waals surface area contributed by atoms with Gasteiger partial charge < -0.3 is 10.1 Å². The molecular formula is C21H27BrN2O. The minimum Gasteiger partial charge on any atom is -0.496 e. The molecule has 2 aromatic carbocycles. The zero-order chi connectivity index (χ0) is 17.6. The molecule has 0 atom stereocenters. The average Bonchev–Trinajstić information content (AvgIpc) is 2.63. The fourth-order valence-corrected chi connectivity index (χ4v) is 3.94. The highest BCUT2D eigenvalue weighted by atomic mass is 79.9. The van der Waals surface area contributed by atoms with E-state index in [4.69, 9.17) is 4.74 Å². The van der Waals surface area contributed by atoms with Crippen molar-refractivity contribution in [2.45, 2.75) is 26.3 Å². The number of methoxy groups -OCH3 is 1. The SMILES string of the molecule is COc1ccc(Br)cc1CCc1cccc(C)c1CN1CCNCC1. The molecule has 0 aromatic heterocycles. The maximum absolute atomic E-state index is 5.53. The molecule has 1 saturated heterocycles. The lowest BCUT2D eigenvalue weighted by atomic mass is 9.95. The van der Waals surface area contributed by atoms with Crippen LogP contribution in [0.15, 0.2) is 40.9 Å². The van der Waals surface area contributed by atoms with Crippen molar-refractivity contribution in [3.8, 4) is 5.75 Å². The zero-order valence-corrected chi connectivity index (χ0v) is 16.7. The van der Waals surface area contributed by atoms with Crippen LogP contribution in [0, 0.1) is 6.92 Å². The van der Waals surface area contributed by atoms with Crippen molar-refractivity contribution in [2.24, 2.45) is 0 Å². The third-order valence-electron chi connectivity index (χ3n) is 5.00. The number of nitrogens with zero attached hydrogens (tertiary/aromatic N) is 1. The second-order valence-electron chi connectivity index (χ2n) is 6.69. The third-order valence-corrected chi connectivity index (χ3v) is 5.50. The summed E-state index contributed by atoms with van der Waals surface area (Å²) in [5.74, 6) is 0.972. The van der Waals surface area contributed by atoms with Crippen LogP contribution in [-0.2, 0) is 19.4 Å². The van der Waals surface area contributed by atoms with Crippen molar-refractivity contribution in [1.82, 2.24) is 10.2 Å². The van der Waals surface area contributed by atoms with Gasteiger partial charge >= 0.3 is 0 Å². The minimum absolute atomic E-state index is 0.972. The smallest absolute Gasteiger partial charge is 0.122 e. The van der Waals surface area contributed by atoms with Crippen molar-refractivity contribution >= 4 is 15.9 Å². The highest BCUT2D eigenvalue weighted by Crippen LogP contribution is 2.26. The van der Waals surface area contributed by atoms with Gasteiger partial charge in [-0.1, -0.05) is 34.1 Å². The van der Waals surface area contributed by atoms with Crippen LogP contribution in [0.25, 0.3) is 0 Å². The van der Waals surface area contributed by atoms with Crippen LogP contribution in [-0.4, -0.2) is 38.2 Å². The van der Waals surface area contributed by atoms with Crippen molar-refractivity contribution in [3.05, 3.63) is 63.1 Å². The second-order valence-corrected chi connectivity index (χ2v) is 7.61. The molecule has 0 aliphatic carbocycles. The molecule has 0 bridgehead atoms. The second kappa shape index (κ2) is 8.84. The Balaban J connectivity index is 1.76. The third kappa shape index (κ3) is 4.84. The molecule has 134 valence electrons. The Morgan fingerprint density at radius 1 is 1.08 bits per heavy atom. The van der Waals surface area contributed by atoms with E-state index in [1.807, 2.05) is 12.1 Å². The summed E-state index contributed by atoms with van der Waals surface area (Å²) in [5.41, 5.74) is 5.61. The lowest BCUT2D eigenvalue weighted by Crippen LogP contribution is -2.43. The van der Waals surface area contributed by atoms with E-state index < -0.39 is 0 Å². The standard InChI is InChI=1S/C21H27BrN2O/c1-16-4-3-5-17(20(16)15-24-12-10-23-11-13-24)6-7-18-14-19(22)8-9-21(18)25-2/h3-5,8-9,14,23H,6-7,10-13,15H2,1-2H3. The van der Waals surface area contributed by atoms with Gasteiger partial charge in [0, 0.05) is 37.2 Å². The first-order valence-electron chi connectivity index (χ1n) is 9.00. The van der Waals surface area contributed by atoms with E-state index in [9.17, 15) is 0 Å². The normalized spacial score (nSPS) is 15.3. The molecular weight excluding hydrogens is 376 g/mol. The van der Waals surface area contributed by atoms with Gasteiger partial charge in [-0.25, -0.2) is 0 Å². The first-order chi connectivity index (χ1) is 12.2. The van der Waals surface area contributed by atoms with Gasteiger partial charge in [-0.3, -0.25) is 4.90 Å². The Labute approximate surface area is 159 Å². The van der Waals surface area contributed by atoms with E-state index in [0.29, 0.717) is 0 Å². The molecule has 3 rings (SSSR count). The number of hydrogen-bond donors (Lipinski definition) is 1. The maximum atomic E-state index is 5.53. The van der Waals surface area contributed by atoms with Crippen molar-refractivity contribution in [1.29, 1.82) is 0 Å². The fourth-order valence-electron chi connectivity index (χ4n) is 3.53. The van der Waals surface area contributed by atoms with Crippen LogP contribution in [0.5, 0.6) is 5.75 Å². The zero-order valence-electron chi connectivity index (χ0n) is 15.1. The molecule has 0 spiro atoms. The van der Waals surface area contributed by atoms with E-state index >= 15 is 0 Å². The number of aryl methyl sites for hydroxylation is 3. The lowest BCUT2D eigenvalue weighted by molar-refractivity contribution is 0.232. The van der Waals surface area contributed by atoms with E-state index in [1.165, 1.54) is 22.3 Å². The number of ether oxygens (including phenoxy) is 1. The summed E-state index contributed by atoms with van der Waals surface area (Å²) >= 11 is 3.58. The first-order valence-corrected chi connectivity index (χ1v) is 9.79. The topological polar surface area (TPSA) is 24.5 Å². The Morgan fingerprint density at radius 2 is 1.84 bits per heavy atom. The molecule has 0 saturated carbocycles. The molecule has 2 aromatic rings. The largest absolute Gasteiger partial charge is 0.496 e. The molecule has 4 heteroatoms. The minimum atomic E-state index is 0.972. The molecule has 1 fully saturated rings. The van der Waals surface area contributed by atoms with Gasteiger partial charge in [0.15, 0.2) is 0 Å². The summed E-state index contributed by atoms with van der Waals surface area (Å²) in [6.07, 6.45) is 2.02. The summed E-state index contributed by atoms with van der Waals surface area (Å²) in [7, 11) is 1.75. The fraction of sp³-hybridized carbons (Fsp3) is 0.429. The molecule has 0 unspecified atom stereocenters. The predicted molar refractivity (Wildman–Crippen MR) is 107 cm³/mol. The van der Waals surface area contributed by atoms with Gasteiger partial charge in [-0.2, -0.15) is 0 Å². The van der Waals surface area contributed by atoms with Gasteiger partial charge in [-0.15, -0.1) is 0 Å². The highest BCUT2D eigenvalue weighted by molar-refractivity contribution is 9.10. The number of hydrogen-bond acceptors (Lipinski definition) is 3. The molecule has 0 amide bonds. The molecule has 1 heterocycles. The molecule has 1 aliphatic heterocycles. The molecule has 0 radical (unpaired) electrons. The summed E-state index contributed by atoms with van der Waals surface area (Å²) in [6, 6.07) is 13.0. The first kappa shape index (κ1) is 18.4. The lowest BCUT2D eigenvalue weighted by Gasteiger charge is -2.28. The molecule has 1 N–H and O–H groups in total. The van der Waals surface area contributed by atoms with Crippen LogP contribution in [0.4, 0.5) is 0 Å². The highest BCUT2D eigenvalue weighted by Gasteiger charge is 2.14. The van der Waals surface area contributed by atoms with Crippen molar-refractivity contribution in [3.63, 3.8) is 0 Å². The van der Waals surface area contributed by atoms with Gasteiger partial charge in [0.2, 0.25) is 0 Å². The summed E-state index contributed by atoms with van der Waals surface area (Å²) in [5, 5.41) is 3.43. The Hall–Kier alpha value is -1.36. The van der Waals surface area contributed by atoms with Crippen LogP contribution in [0.2, 0.25) is 0 Å². The average molecular weight is 403 g/mol. The van der Waals surface area contributed by atoms with E-state index in [-0.39, 0.29) is 0 Å². The number of benzene rings is 2. The number of nitrogens with one attached hydrogen (secondary N) is 1. The van der Waals surface area contributed by atoms with Gasteiger partial charge in [0.05, 0.1) is 7.11 Å². The number of rotatable bonds is 6. The van der Waals surface area contributed by atoms with Crippen LogP contribution in [0.3, 0.4) is 0 Å². The van der Waals surface area contributed by atoms with Gasteiger partial charge in [0.1, 0.15) is 5.75 Å². The molecule has 1 aliphatic rings. The number of piperazine rings is 1. The predicted octanol–water partition coefficient (Wildman–Crippen LogP) is 3.96. The monoisotopic (exact) mass is 402 g/mol. The van der Waals surface area contributed by atoms with Crippen LogP contribution in [0.1, 0.15) is 22.3 Å². The van der Waals surface area contributed by atoms with Crippen LogP contribution < -0.4 is 10.1 Å². The van der Waals surface area contributed by atoms with E-state index in [0.717, 1.165) is 55.8 Å². The molecule has 3 nitrogen and oxygen atoms in total. The Bertz CT molecular complexity index is 711. The summed E-state index contributed by atoms with van der Waals surface area (Å²) < 4.78 is 6.63. The van der Waals surface area contributed by atoms with E-state index in [1.54, 1.807) is 7.11 Å². The quantitative estimate of drug-likeness (QED) is 0.791. The number of halogens is 1. The van der Waals surface area contributed by atoms with E-state index in [2.05, 4.69) is 57.3 Å². The Morgan fingerprint density at radius 3 is 2.60 bits per heavy atom. The summed E-state index contributed by atoms with van der Waals surface area (Å²) in [6.45, 7) is 7.74.